The van der Waals surface area contributed by atoms with Gasteiger partial charge in [-0.15, -0.1) is 0 Å². The zero-order valence-electron chi connectivity index (χ0n) is 23.8. The van der Waals surface area contributed by atoms with Crippen molar-refractivity contribution in [3.63, 3.8) is 0 Å². The zero-order valence-corrected chi connectivity index (χ0v) is 23.8. The number of nitrogens with zero attached hydrogens (tertiary/aromatic N) is 3. The van der Waals surface area contributed by atoms with Crippen LogP contribution in [-0.4, -0.2) is 24.6 Å². The second kappa shape index (κ2) is 9.94. The second-order valence-electron chi connectivity index (χ2n) is 11.5. The summed E-state index contributed by atoms with van der Waals surface area (Å²) in [6.07, 6.45) is 1.37. The average Bonchev–Trinajstić information content (AvgIpc) is 3.39. The molecule has 0 bridgehead atoms. The molecule has 0 saturated carbocycles. The minimum absolute atomic E-state index is 0.128. The third-order valence-corrected chi connectivity index (χ3v) is 7.80. The van der Waals surface area contributed by atoms with E-state index < -0.39 is 34.2 Å². The van der Waals surface area contributed by atoms with Crippen molar-refractivity contribution in [1.29, 1.82) is 10.5 Å². The summed E-state index contributed by atoms with van der Waals surface area (Å²) in [6.45, 7) is 7.39. The van der Waals surface area contributed by atoms with Gasteiger partial charge >= 0.3 is 5.97 Å². The van der Waals surface area contributed by atoms with Crippen LogP contribution >= 0.6 is 0 Å². The van der Waals surface area contributed by atoms with Crippen LogP contribution in [0.15, 0.2) is 84.4 Å². The second-order valence-corrected chi connectivity index (χ2v) is 11.5. The van der Waals surface area contributed by atoms with E-state index in [9.17, 15) is 20.1 Å². The van der Waals surface area contributed by atoms with Gasteiger partial charge in [-0.05, 0) is 68.7 Å². The van der Waals surface area contributed by atoms with Crippen molar-refractivity contribution in [1.82, 2.24) is 0 Å². The van der Waals surface area contributed by atoms with Gasteiger partial charge in [0, 0.05) is 17.2 Å². The van der Waals surface area contributed by atoms with Gasteiger partial charge in [0.25, 0.3) is 0 Å². The van der Waals surface area contributed by atoms with Crippen LogP contribution in [0.4, 0.5) is 5.69 Å². The van der Waals surface area contributed by atoms with Crippen LogP contribution in [0.3, 0.4) is 0 Å². The predicted octanol–water partition coefficient (Wildman–Crippen LogP) is 5.89. The molecule has 7 nitrogen and oxygen atoms in total. The molecular weight excluding hydrogens is 514 g/mol. The summed E-state index contributed by atoms with van der Waals surface area (Å²) < 4.78 is 11.1. The molecule has 0 unspecified atom stereocenters. The van der Waals surface area contributed by atoms with E-state index in [2.05, 4.69) is 12.1 Å². The molecule has 7 heteroatoms. The Morgan fingerprint density at radius 1 is 1.00 bits per heavy atom. The third kappa shape index (κ3) is 4.26. The molecule has 0 N–H and O–H groups in total. The third-order valence-electron chi connectivity index (χ3n) is 7.80. The molecule has 206 valence electrons. The molecular formula is C34H31N3O4. The standard InChI is InChI=1S/C34H31N3O4/c1-22-9-8-10-24(17-22)29-26(30(38)41-32(2,3)4)18-33(20-35,21-36)34(29)27-11-6-7-12-28(27)37(31(34)39)19-23-13-15-25(40-5)16-14-23/h6-18,29H,19H2,1-5H3/t29-,34+/m1/s1. The molecule has 5 rings (SSSR count). The Morgan fingerprint density at radius 2 is 1.68 bits per heavy atom. The Bertz CT molecular complexity index is 1640. The van der Waals surface area contributed by atoms with Crippen LogP contribution in [0.2, 0.25) is 0 Å². The quantitative estimate of drug-likeness (QED) is 0.371. The summed E-state index contributed by atoms with van der Waals surface area (Å²) in [5.74, 6) is -1.33. The molecule has 2 atom stereocenters. The Balaban J connectivity index is 1.78. The number of hydrogen-bond acceptors (Lipinski definition) is 6. The maximum Gasteiger partial charge on any atom is 0.334 e. The van der Waals surface area contributed by atoms with E-state index in [1.54, 1.807) is 44.9 Å². The number of nitriles is 2. The van der Waals surface area contributed by atoms with Crippen LogP contribution in [0.1, 0.15) is 48.9 Å². The van der Waals surface area contributed by atoms with Crippen LogP contribution in [0.5, 0.6) is 5.75 Å². The number of aryl methyl sites for hydroxylation is 1. The van der Waals surface area contributed by atoms with Gasteiger partial charge in [0.2, 0.25) is 5.91 Å². The Labute approximate surface area is 240 Å². The van der Waals surface area contributed by atoms with Crippen LogP contribution < -0.4 is 9.64 Å². The first kappa shape index (κ1) is 27.7. The number of rotatable bonds is 5. The zero-order chi connectivity index (χ0) is 29.6. The van der Waals surface area contributed by atoms with Crippen molar-refractivity contribution in [2.75, 3.05) is 12.0 Å². The largest absolute Gasteiger partial charge is 0.497 e. The predicted molar refractivity (Wildman–Crippen MR) is 154 cm³/mol. The summed E-state index contributed by atoms with van der Waals surface area (Å²) in [4.78, 5) is 30.4. The number of carbonyl (C=O) groups is 2. The molecule has 1 heterocycles. The molecule has 1 aliphatic carbocycles. The number of anilines is 1. The number of hydrogen-bond donors (Lipinski definition) is 0. The minimum Gasteiger partial charge on any atom is -0.497 e. The normalized spacial score (nSPS) is 20.7. The lowest BCUT2D eigenvalue weighted by atomic mass is 9.57. The SMILES string of the molecule is COc1ccc(CN2C(=O)[C@]3(c4ccccc42)[C@H](c2cccc(C)c2)C(C(=O)OC(C)(C)C)=CC3(C#N)C#N)cc1. The lowest BCUT2D eigenvalue weighted by Gasteiger charge is -2.38. The number of para-hydroxylation sites is 1. The van der Waals surface area contributed by atoms with Gasteiger partial charge in [0.05, 0.1) is 25.8 Å². The monoisotopic (exact) mass is 545 g/mol. The maximum atomic E-state index is 15.0. The number of esters is 1. The van der Waals surface area contributed by atoms with E-state index in [-0.39, 0.29) is 12.1 Å². The highest BCUT2D eigenvalue weighted by Gasteiger charge is 2.72. The lowest BCUT2D eigenvalue weighted by Crippen LogP contribution is -2.52. The van der Waals surface area contributed by atoms with Crippen molar-refractivity contribution in [3.8, 4) is 17.9 Å². The highest BCUT2D eigenvalue weighted by molar-refractivity contribution is 6.13. The maximum absolute atomic E-state index is 15.0. The number of carbonyl (C=O) groups excluding carboxylic acids is 2. The fraction of sp³-hybridized carbons (Fsp3) is 0.294. The topological polar surface area (TPSA) is 103 Å². The molecule has 41 heavy (non-hydrogen) atoms. The summed E-state index contributed by atoms with van der Waals surface area (Å²) in [5.41, 5.74) is -0.855. The van der Waals surface area contributed by atoms with E-state index in [0.717, 1.165) is 11.1 Å². The van der Waals surface area contributed by atoms with Crippen molar-refractivity contribution in [3.05, 3.63) is 107 Å². The molecule has 1 amide bonds. The van der Waals surface area contributed by atoms with E-state index in [0.29, 0.717) is 22.6 Å². The molecule has 3 aromatic rings. The first-order chi connectivity index (χ1) is 19.5. The highest BCUT2D eigenvalue weighted by Crippen LogP contribution is 2.65. The fourth-order valence-corrected chi connectivity index (χ4v) is 6.16. The van der Waals surface area contributed by atoms with Crippen molar-refractivity contribution in [2.45, 2.75) is 51.2 Å². The van der Waals surface area contributed by atoms with Gasteiger partial charge < -0.3 is 14.4 Å². The molecule has 3 aromatic carbocycles. The van der Waals surface area contributed by atoms with Crippen molar-refractivity contribution < 1.29 is 19.1 Å². The molecule has 0 fully saturated rings. The Morgan fingerprint density at radius 3 is 2.29 bits per heavy atom. The number of fused-ring (bicyclic) bond motifs is 2. The number of allylic oxidation sites excluding steroid dienone is 1. The van der Waals surface area contributed by atoms with E-state index in [4.69, 9.17) is 9.47 Å². The van der Waals surface area contributed by atoms with E-state index in [1.165, 1.54) is 6.08 Å². The fourth-order valence-electron chi connectivity index (χ4n) is 6.16. The average molecular weight is 546 g/mol. The lowest BCUT2D eigenvalue weighted by molar-refractivity contribution is -0.150. The van der Waals surface area contributed by atoms with Crippen molar-refractivity contribution in [2.24, 2.45) is 5.41 Å². The molecule has 1 aliphatic heterocycles. The van der Waals surface area contributed by atoms with Gasteiger partial charge in [-0.25, -0.2) is 4.79 Å². The van der Waals surface area contributed by atoms with Crippen molar-refractivity contribution >= 4 is 17.6 Å². The van der Waals surface area contributed by atoms with Crippen LogP contribution in [0.25, 0.3) is 0 Å². The number of amides is 1. The summed E-state index contributed by atoms with van der Waals surface area (Å²) >= 11 is 0. The summed E-state index contributed by atoms with van der Waals surface area (Å²) in [6, 6.07) is 26.5. The number of methoxy groups -OCH3 is 1. The number of benzene rings is 3. The highest BCUT2D eigenvalue weighted by atomic mass is 16.6. The summed E-state index contributed by atoms with van der Waals surface area (Å²) in [7, 11) is 1.59. The molecule has 0 aromatic heterocycles. The van der Waals surface area contributed by atoms with Gasteiger partial charge in [0.15, 0.2) is 5.41 Å². The van der Waals surface area contributed by atoms with Gasteiger partial charge in [-0.1, -0.05) is 60.2 Å². The minimum atomic E-state index is -1.98. The van der Waals surface area contributed by atoms with Gasteiger partial charge in [-0.2, -0.15) is 10.5 Å². The molecule has 2 aliphatic rings. The first-order valence-electron chi connectivity index (χ1n) is 13.4. The Kier molecular flexibility index (Phi) is 6.71. The van der Waals surface area contributed by atoms with Crippen LogP contribution in [0, 0.1) is 35.0 Å². The van der Waals surface area contributed by atoms with Gasteiger partial charge in [0.1, 0.15) is 16.8 Å². The van der Waals surface area contributed by atoms with E-state index in [1.807, 2.05) is 67.6 Å². The molecule has 0 saturated heterocycles. The van der Waals surface area contributed by atoms with Gasteiger partial charge in [-0.3, -0.25) is 4.79 Å². The molecule has 0 radical (unpaired) electrons. The summed E-state index contributed by atoms with van der Waals surface area (Å²) in [5, 5.41) is 21.4. The van der Waals surface area contributed by atoms with Crippen LogP contribution in [-0.2, 0) is 26.3 Å². The Hall–Kier alpha value is -4.88. The smallest absolute Gasteiger partial charge is 0.334 e. The first-order valence-corrected chi connectivity index (χ1v) is 13.4. The van der Waals surface area contributed by atoms with E-state index >= 15 is 0 Å². The molecule has 1 spiro atoms. The number of ether oxygens (including phenoxy) is 2.